The Morgan fingerprint density at radius 2 is 0.933 bits per heavy atom. The summed E-state index contributed by atoms with van der Waals surface area (Å²) in [6.45, 7) is 2.34. The van der Waals surface area contributed by atoms with Crippen LogP contribution in [0.1, 0.15) is 0 Å². The normalized spacial score (nSPS) is 12.3. The van der Waals surface area contributed by atoms with Gasteiger partial charge in [0.05, 0.1) is 13.9 Å². The lowest BCUT2D eigenvalue weighted by molar-refractivity contribution is 1.44. The lowest BCUT2D eigenvalue weighted by Crippen LogP contribution is -2.33. The molecule has 0 heterocycles. The molecule has 4 aromatic carbocycles. The maximum absolute atomic E-state index is 10.7. The van der Waals surface area contributed by atoms with Gasteiger partial charge in [0.15, 0.2) is 5.40 Å². The molecule has 1 nitrogen and oxygen atoms in total. The molecule has 4 rings (SSSR count). The van der Waals surface area contributed by atoms with E-state index in [-0.39, 0.29) is 5.40 Å². The van der Waals surface area contributed by atoms with Gasteiger partial charge >= 0.3 is 0 Å². The zero-order valence-electron chi connectivity index (χ0n) is 17.0. The van der Waals surface area contributed by atoms with Crippen molar-refractivity contribution in [3.8, 4) is 6.07 Å². The summed E-state index contributed by atoms with van der Waals surface area (Å²) in [6, 6.07) is 45.3. The van der Waals surface area contributed by atoms with Crippen molar-refractivity contribution in [1.82, 2.24) is 0 Å². The van der Waals surface area contributed by atoms with Crippen LogP contribution in [-0.2, 0) is 0 Å². The van der Waals surface area contributed by atoms with Gasteiger partial charge in [-0.3, -0.25) is 0 Å². The molecule has 0 saturated carbocycles. The first-order valence-electron chi connectivity index (χ1n) is 10.0. The maximum atomic E-state index is 10.7. The summed E-state index contributed by atoms with van der Waals surface area (Å²) in [7, 11) is -2.86. The lowest BCUT2D eigenvalue weighted by Gasteiger charge is -2.33. The van der Waals surface area contributed by atoms with E-state index in [1.807, 2.05) is 12.1 Å². The molecule has 30 heavy (non-hydrogen) atoms. The molecule has 0 amide bonds. The van der Waals surface area contributed by atoms with Crippen molar-refractivity contribution in [3.05, 3.63) is 121 Å². The standard InChI is InChI=1S/C27H24NP2/c1-30(25-18-10-4-11-19-25,26-20-12-5-13-21-26)27(22-28)29(23-14-6-2-7-15-23)24-16-8-3-9-17-24/h2-21,27H,1H3/q+1. The van der Waals surface area contributed by atoms with Gasteiger partial charge in [0.25, 0.3) is 0 Å². The Balaban J connectivity index is 1.97. The van der Waals surface area contributed by atoms with Crippen molar-refractivity contribution in [2.75, 3.05) is 6.66 Å². The molecular formula is C27H24NP2+. The van der Waals surface area contributed by atoms with Crippen molar-refractivity contribution >= 4 is 36.4 Å². The van der Waals surface area contributed by atoms with Crippen molar-refractivity contribution in [1.29, 1.82) is 5.26 Å². The Hall–Kier alpha value is -2.77. The molecule has 0 aromatic heterocycles. The number of hydrogen-bond acceptors (Lipinski definition) is 1. The minimum absolute atomic E-state index is 0.123. The molecule has 0 fully saturated rings. The Labute approximate surface area is 181 Å². The van der Waals surface area contributed by atoms with Gasteiger partial charge in [-0.05, 0) is 34.9 Å². The smallest absolute Gasteiger partial charge is 0.189 e. The Morgan fingerprint density at radius 1 is 0.600 bits per heavy atom. The zero-order chi connectivity index (χ0) is 20.8. The van der Waals surface area contributed by atoms with Gasteiger partial charge in [-0.1, -0.05) is 97.1 Å². The highest BCUT2D eigenvalue weighted by Gasteiger charge is 2.50. The van der Waals surface area contributed by atoms with Crippen molar-refractivity contribution < 1.29 is 0 Å². The molecule has 3 heteroatoms. The fourth-order valence-electron chi connectivity index (χ4n) is 3.92. The number of hydrogen-bond donors (Lipinski definition) is 0. The predicted octanol–water partition coefficient (Wildman–Crippen LogP) is 5.27. The summed E-state index contributed by atoms with van der Waals surface area (Å²) in [6.07, 6.45) is 0. The van der Waals surface area contributed by atoms with E-state index >= 15 is 0 Å². The second-order valence-corrected chi connectivity index (χ2v) is 13.7. The summed E-state index contributed by atoms with van der Waals surface area (Å²) in [4.78, 5) is 0. The summed E-state index contributed by atoms with van der Waals surface area (Å²) < 4.78 is 0. The molecule has 0 bridgehead atoms. The molecule has 0 aliphatic heterocycles. The van der Waals surface area contributed by atoms with E-state index in [1.165, 1.54) is 21.2 Å². The Morgan fingerprint density at radius 3 is 1.27 bits per heavy atom. The van der Waals surface area contributed by atoms with Gasteiger partial charge in [-0.2, -0.15) is 5.26 Å². The molecule has 0 radical (unpaired) electrons. The van der Waals surface area contributed by atoms with Crippen molar-refractivity contribution in [2.24, 2.45) is 0 Å². The summed E-state index contributed by atoms with van der Waals surface area (Å²) in [5.74, 6) is 0. The van der Waals surface area contributed by atoms with E-state index in [1.54, 1.807) is 0 Å². The molecule has 146 valence electrons. The third-order valence-electron chi connectivity index (χ3n) is 5.50. The lowest BCUT2D eigenvalue weighted by atomic mass is 10.4. The summed E-state index contributed by atoms with van der Waals surface area (Å²) in [5.41, 5.74) is 0. The van der Waals surface area contributed by atoms with Crippen LogP contribution in [0.4, 0.5) is 0 Å². The van der Waals surface area contributed by atoms with Crippen LogP contribution >= 0.6 is 15.2 Å². The van der Waals surface area contributed by atoms with E-state index in [2.05, 4.69) is 122 Å². The minimum Gasteiger partial charge on any atom is -0.193 e. The monoisotopic (exact) mass is 424 g/mol. The molecule has 1 unspecified atom stereocenters. The third kappa shape index (κ3) is 3.95. The summed E-state index contributed by atoms with van der Waals surface area (Å²) in [5, 5.41) is 15.6. The first-order chi connectivity index (χ1) is 14.7. The largest absolute Gasteiger partial charge is 0.193 e. The highest BCUT2D eigenvalue weighted by Crippen LogP contribution is 2.67. The molecular weight excluding hydrogens is 400 g/mol. The second kappa shape index (κ2) is 9.36. The van der Waals surface area contributed by atoms with Crippen molar-refractivity contribution in [3.63, 3.8) is 0 Å². The van der Waals surface area contributed by atoms with Crippen LogP contribution in [0.25, 0.3) is 0 Å². The van der Waals surface area contributed by atoms with Gasteiger partial charge in [-0.15, -0.1) is 0 Å². The Bertz CT molecular complexity index is 1030. The van der Waals surface area contributed by atoms with Gasteiger partial charge in [0.2, 0.25) is 0 Å². The first kappa shape index (κ1) is 20.5. The quantitative estimate of drug-likeness (QED) is 0.387. The van der Waals surface area contributed by atoms with E-state index in [9.17, 15) is 5.26 Å². The predicted molar refractivity (Wildman–Crippen MR) is 133 cm³/mol. The van der Waals surface area contributed by atoms with Crippen LogP contribution in [0.3, 0.4) is 0 Å². The first-order valence-corrected chi connectivity index (χ1v) is 13.7. The molecule has 0 aliphatic carbocycles. The molecule has 0 spiro atoms. The average Bonchev–Trinajstić information content (AvgIpc) is 2.84. The highest BCUT2D eigenvalue weighted by atomic mass is 31.2. The fourth-order valence-corrected chi connectivity index (χ4v) is 12.0. The third-order valence-corrected chi connectivity index (χ3v) is 13.7. The second-order valence-electron chi connectivity index (χ2n) is 7.29. The molecule has 0 aliphatic rings. The Kier molecular flexibility index (Phi) is 6.40. The van der Waals surface area contributed by atoms with E-state index in [0.717, 1.165) is 0 Å². The fraction of sp³-hybridized carbons (Fsp3) is 0.0741. The van der Waals surface area contributed by atoms with Gasteiger partial charge in [0, 0.05) is 7.92 Å². The summed E-state index contributed by atoms with van der Waals surface area (Å²) >= 11 is 0. The number of benzene rings is 4. The number of rotatable bonds is 6. The van der Waals surface area contributed by atoms with Crippen LogP contribution < -0.4 is 21.2 Å². The highest BCUT2D eigenvalue weighted by molar-refractivity contribution is 7.99. The molecule has 1 atom stereocenters. The maximum Gasteiger partial charge on any atom is 0.189 e. The SMILES string of the molecule is C[P+](c1ccccc1)(c1ccccc1)C(C#N)P(c1ccccc1)c1ccccc1. The van der Waals surface area contributed by atoms with E-state index in [0.29, 0.717) is 0 Å². The van der Waals surface area contributed by atoms with Gasteiger partial charge in [-0.25, -0.2) is 0 Å². The number of nitrogens with zero attached hydrogens (tertiary/aromatic N) is 1. The van der Waals surface area contributed by atoms with Gasteiger partial charge in [0.1, 0.15) is 16.7 Å². The molecule has 0 saturated heterocycles. The molecule has 4 aromatic rings. The van der Waals surface area contributed by atoms with Crippen LogP contribution in [0.5, 0.6) is 0 Å². The minimum atomic E-state index is -2.00. The van der Waals surface area contributed by atoms with Crippen LogP contribution in [0.2, 0.25) is 0 Å². The molecule has 0 N–H and O–H groups in total. The topological polar surface area (TPSA) is 23.8 Å². The van der Waals surface area contributed by atoms with Crippen molar-refractivity contribution in [2.45, 2.75) is 5.40 Å². The van der Waals surface area contributed by atoms with Crippen LogP contribution in [0, 0.1) is 11.3 Å². The van der Waals surface area contributed by atoms with Crippen LogP contribution in [0.15, 0.2) is 121 Å². The van der Waals surface area contributed by atoms with Gasteiger partial charge < -0.3 is 0 Å². The average molecular weight is 424 g/mol. The van der Waals surface area contributed by atoms with E-state index in [4.69, 9.17) is 0 Å². The van der Waals surface area contributed by atoms with Crippen LogP contribution in [-0.4, -0.2) is 12.1 Å². The van der Waals surface area contributed by atoms with E-state index < -0.39 is 15.2 Å². The zero-order valence-corrected chi connectivity index (χ0v) is 18.8. The number of nitriles is 1.